The molecule has 24 heavy (non-hydrogen) atoms. The minimum absolute atomic E-state index is 0.0189. The van der Waals surface area contributed by atoms with Crippen LogP contribution >= 0.6 is 0 Å². The van der Waals surface area contributed by atoms with E-state index < -0.39 is 35.0 Å². The van der Waals surface area contributed by atoms with Gasteiger partial charge in [0, 0.05) is 31.6 Å². The second-order valence-corrected chi connectivity index (χ2v) is 8.12. The first-order valence-corrected chi connectivity index (χ1v) is 8.95. The van der Waals surface area contributed by atoms with Crippen molar-refractivity contribution in [2.24, 2.45) is 0 Å². The quantitative estimate of drug-likeness (QED) is 0.855. The summed E-state index contributed by atoms with van der Waals surface area (Å²) in [6.45, 7) is -0.624. The summed E-state index contributed by atoms with van der Waals surface area (Å²) in [4.78, 5) is 1.52. The molecule has 0 amide bonds. The molecule has 2 saturated heterocycles. The Balaban J connectivity index is 1.71. The second kappa shape index (κ2) is 6.04. The number of sulfonamides is 1. The predicted octanol–water partition coefficient (Wildman–Crippen LogP) is 0.633. The molecule has 1 aromatic rings. The van der Waals surface area contributed by atoms with Crippen molar-refractivity contribution in [2.45, 2.75) is 29.3 Å². The zero-order valence-electron chi connectivity index (χ0n) is 12.8. The Morgan fingerprint density at radius 3 is 2.71 bits per heavy atom. The van der Waals surface area contributed by atoms with Crippen LogP contribution in [0.1, 0.15) is 12.0 Å². The smallest absolute Gasteiger partial charge is 0.262 e. The molecule has 1 atom stereocenters. The Labute approximate surface area is 139 Å². The third kappa shape index (κ3) is 3.02. The van der Waals surface area contributed by atoms with Gasteiger partial charge in [0.15, 0.2) is 0 Å². The second-order valence-electron chi connectivity index (χ2n) is 6.18. The standard InChI is InChI=1S/C15H17F2N3O3S/c16-15(17)5-12(9-21)20(10-15)13-7-19(8-13)24(22,23)14-3-1-2-11(4-14)6-18/h1-4,12-13,21H,5,7-10H2/t12-/m0/s1. The van der Waals surface area contributed by atoms with Crippen LogP contribution in [0.2, 0.25) is 0 Å². The van der Waals surface area contributed by atoms with Crippen molar-refractivity contribution in [1.29, 1.82) is 5.26 Å². The van der Waals surface area contributed by atoms with Crippen molar-refractivity contribution >= 4 is 10.0 Å². The number of likely N-dealkylation sites (tertiary alicyclic amines) is 1. The number of alkyl halides is 2. The van der Waals surface area contributed by atoms with Crippen LogP contribution in [0.5, 0.6) is 0 Å². The Kier molecular flexibility index (Phi) is 4.34. The number of hydrogen-bond acceptors (Lipinski definition) is 5. The van der Waals surface area contributed by atoms with E-state index in [9.17, 15) is 22.3 Å². The summed E-state index contributed by atoms with van der Waals surface area (Å²) in [5.41, 5.74) is 0.243. The summed E-state index contributed by atoms with van der Waals surface area (Å²) in [5.74, 6) is -2.85. The van der Waals surface area contributed by atoms with E-state index in [1.165, 1.54) is 33.5 Å². The molecule has 0 unspecified atom stereocenters. The molecule has 6 nitrogen and oxygen atoms in total. The molecular weight excluding hydrogens is 340 g/mol. The van der Waals surface area contributed by atoms with E-state index in [1.807, 2.05) is 6.07 Å². The van der Waals surface area contributed by atoms with Crippen LogP contribution in [0.4, 0.5) is 8.78 Å². The molecule has 0 radical (unpaired) electrons. The topological polar surface area (TPSA) is 84.6 Å². The maximum atomic E-state index is 13.5. The summed E-state index contributed by atoms with van der Waals surface area (Å²) >= 11 is 0. The number of hydrogen-bond donors (Lipinski definition) is 1. The molecule has 0 saturated carbocycles. The molecule has 130 valence electrons. The van der Waals surface area contributed by atoms with Gasteiger partial charge in [-0.25, -0.2) is 17.2 Å². The SMILES string of the molecule is N#Cc1cccc(S(=O)(=O)N2CC(N3CC(F)(F)C[C@H]3CO)C2)c1. The predicted molar refractivity (Wildman–Crippen MR) is 80.8 cm³/mol. The summed E-state index contributed by atoms with van der Waals surface area (Å²) in [7, 11) is -3.74. The highest BCUT2D eigenvalue weighted by Crippen LogP contribution is 2.36. The fourth-order valence-corrected chi connectivity index (χ4v) is 4.78. The number of rotatable bonds is 4. The molecule has 0 aromatic heterocycles. The van der Waals surface area contributed by atoms with E-state index in [4.69, 9.17) is 5.26 Å². The molecule has 0 bridgehead atoms. The highest BCUT2D eigenvalue weighted by atomic mass is 32.2. The highest BCUT2D eigenvalue weighted by Gasteiger charge is 2.51. The number of aliphatic hydroxyl groups excluding tert-OH is 1. The van der Waals surface area contributed by atoms with E-state index >= 15 is 0 Å². The van der Waals surface area contributed by atoms with E-state index in [0.29, 0.717) is 0 Å². The fraction of sp³-hybridized carbons (Fsp3) is 0.533. The number of halogens is 2. The van der Waals surface area contributed by atoms with Gasteiger partial charge in [-0.1, -0.05) is 6.07 Å². The lowest BCUT2D eigenvalue weighted by Crippen LogP contribution is -2.62. The van der Waals surface area contributed by atoms with Crippen molar-refractivity contribution in [1.82, 2.24) is 9.21 Å². The van der Waals surface area contributed by atoms with Gasteiger partial charge in [-0.3, -0.25) is 4.90 Å². The number of benzene rings is 1. The number of nitrogens with zero attached hydrogens (tertiary/aromatic N) is 3. The lowest BCUT2D eigenvalue weighted by molar-refractivity contribution is -0.00245. The third-order valence-corrected chi connectivity index (χ3v) is 6.35. The minimum atomic E-state index is -3.74. The van der Waals surface area contributed by atoms with E-state index in [2.05, 4.69) is 0 Å². The van der Waals surface area contributed by atoms with Gasteiger partial charge in [0.05, 0.1) is 29.7 Å². The first kappa shape index (κ1) is 17.2. The maximum Gasteiger partial charge on any atom is 0.262 e. The van der Waals surface area contributed by atoms with Gasteiger partial charge in [-0.2, -0.15) is 9.57 Å². The fourth-order valence-electron chi connectivity index (χ4n) is 3.22. The first-order chi connectivity index (χ1) is 11.3. The third-order valence-electron chi connectivity index (χ3n) is 4.53. The number of nitriles is 1. The maximum absolute atomic E-state index is 13.5. The lowest BCUT2D eigenvalue weighted by Gasteiger charge is -2.44. The van der Waals surface area contributed by atoms with Crippen molar-refractivity contribution in [2.75, 3.05) is 26.2 Å². The molecule has 0 aliphatic carbocycles. The average molecular weight is 357 g/mol. The Morgan fingerprint density at radius 2 is 2.08 bits per heavy atom. The zero-order valence-corrected chi connectivity index (χ0v) is 13.6. The lowest BCUT2D eigenvalue weighted by atomic mass is 10.1. The summed E-state index contributed by atoms with van der Waals surface area (Å²) in [6.07, 6.45) is -0.406. The van der Waals surface area contributed by atoms with Gasteiger partial charge in [-0.05, 0) is 18.2 Å². The van der Waals surface area contributed by atoms with Gasteiger partial charge in [-0.15, -0.1) is 0 Å². The van der Waals surface area contributed by atoms with Gasteiger partial charge in [0.25, 0.3) is 5.92 Å². The molecule has 3 rings (SSSR count). The van der Waals surface area contributed by atoms with Gasteiger partial charge in [0.2, 0.25) is 10.0 Å². The van der Waals surface area contributed by atoms with Crippen LogP contribution in [0.25, 0.3) is 0 Å². The molecule has 2 aliphatic rings. The van der Waals surface area contributed by atoms with Crippen LogP contribution in [-0.4, -0.2) is 67.0 Å². The zero-order chi connectivity index (χ0) is 17.5. The van der Waals surface area contributed by atoms with Crippen molar-refractivity contribution < 1.29 is 22.3 Å². The summed E-state index contributed by atoms with van der Waals surface area (Å²) in [5, 5.41) is 18.1. The average Bonchev–Trinajstić information content (AvgIpc) is 2.80. The highest BCUT2D eigenvalue weighted by molar-refractivity contribution is 7.89. The molecule has 1 N–H and O–H groups in total. The molecule has 1 aromatic carbocycles. The van der Waals surface area contributed by atoms with Crippen molar-refractivity contribution in [3.8, 4) is 6.07 Å². The van der Waals surface area contributed by atoms with Crippen LogP contribution in [-0.2, 0) is 10.0 Å². The Morgan fingerprint density at radius 1 is 1.38 bits per heavy atom. The monoisotopic (exact) mass is 357 g/mol. The molecule has 2 aliphatic heterocycles. The molecule has 2 heterocycles. The first-order valence-electron chi connectivity index (χ1n) is 7.51. The van der Waals surface area contributed by atoms with Gasteiger partial charge in [0.1, 0.15) is 0 Å². The van der Waals surface area contributed by atoms with Crippen molar-refractivity contribution in [3.05, 3.63) is 29.8 Å². The molecular formula is C15H17F2N3O3S. The van der Waals surface area contributed by atoms with E-state index in [0.717, 1.165) is 0 Å². The van der Waals surface area contributed by atoms with Crippen LogP contribution < -0.4 is 0 Å². The van der Waals surface area contributed by atoms with E-state index in [-0.39, 0.29) is 36.2 Å². The summed E-state index contributed by atoms with van der Waals surface area (Å²) in [6, 6.07) is 6.62. The molecule has 9 heteroatoms. The van der Waals surface area contributed by atoms with Crippen LogP contribution in [0.3, 0.4) is 0 Å². The van der Waals surface area contributed by atoms with Crippen LogP contribution in [0.15, 0.2) is 29.2 Å². The van der Waals surface area contributed by atoms with Gasteiger partial charge < -0.3 is 5.11 Å². The Hall–Kier alpha value is -1.60. The number of aliphatic hydroxyl groups is 1. The van der Waals surface area contributed by atoms with E-state index in [1.54, 1.807) is 0 Å². The van der Waals surface area contributed by atoms with Crippen molar-refractivity contribution in [3.63, 3.8) is 0 Å². The molecule has 0 spiro atoms. The van der Waals surface area contributed by atoms with Gasteiger partial charge >= 0.3 is 0 Å². The normalized spacial score (nSPS) is 25.3. The Bertz CT molecular complexity index is 772. The van der Waals surface area contributed by atoms with Crippen LogP contribution in [0, 0.1) is 11.3 Å². The summed E-state index contributed by atoms with van der Waals surface area (Å²) < 4.78 is 53.3. The largest absolute Gasteiger partial charge is 0.395 e. The minimum Gasteiger partial charge on any atom is -0.395 e. The molecule has 2 fully saturated rings.